The third kappa shape index (κ3) is 2.14. The van der Waals surface area contributed by atoms with Crippen molar-refractivity contribution in [2.24, 2.45) is 5.41 Å². The zero-order valence-corrected chi connectivity index (χ0v) is 12.0. The van der Waals surface area contributed by atoms with Crippen LogP contribution in [0.25, 0.3) is 0 Å². The predicted molar refractivity (Wildman–Crippen MR) is 67.0 cm³/mol. The number of carbonyl (C=O) groups excluding carboxylic acids is 2. The summed E-state index contributed by atoms with van der Waals surface area (Å²) in [5.74, 6) is -2.57. The molecular formula is C13H18O8. The SMILES string of the molecule is CCCOC(=O)OC1=C(O)[C@@H]([C@@]2(O)C(O)C2(C)C)OC1=O. The van der Waals surface area contributed by atoms with E-state index in [0.29, 0.717) is 6.42 Å². The highest BCUT2D eigenvalue weighted by Gasteiger charge is 2.77. The molecule has 1 saturated carbocycles. The van der Waals surface area contributed by atoms with E-state index in [9.17, 15) is 24.9 Å². The van der Waals surface area contributed by atoms with E-state index in [1.54, 1.807) is 20.8 Å². The lowest BCUT2D eigenvalue weighted by molar-refractivity contribution is -0.150. The van der Waals surface area contributed by atoms with Crippen LogP contribution in [0.2, 0.25) is 0 Å². The van der Waals surface area contributed by atoms with Crippen LogP contribution >= 0.6 is 0 Å². The van der Waals surface area contributed by atoms with Gasteiger partial charge in [-0.25, -0.2) is 9.59 Å². The zero-order chi connectivity index (χ0) is 16.0. The van der Waals surface area contributed by atoms with Crippen molar-refractivity contribution in [2.75, 3.05) is 6.61 Å². The molecule has 0 saturated heterocycles. The maximum absolute atomic E-state index is 11.6. The molecule has 1 unspecified atom stereocenters. The molecule has 1 aliphatic heterocycles. The van der Waals surface area contributed by atoms with E-state index in [2.05, 4.69) is 9.47 Å². The van der Waals surface area contributed by atoms with Gasteiger partial charge in [-0.1, -0.05) is 20.8 Å². The van der Waals surface area contributed by atoms with Gasteiger partial charge in [0.25, 0.3) is 5.76 Å². The number of hydrogen-bond donors (Lipinski definition) is 3. The van der Waals surface area contributed by atoms with Crippen molar-refractivity contribution < 1.29 is 39.1 Å². The summed E-state index contributed by atoms with van der Waals surface area (Å²) in [6, 6.07) is 0. The van der Waals surface area contributed by atoms with E-state index >= 15 is 0 Å². The van der Waals surface area contributed by atoms with Crippen molar-refractivity contribution in [3.8, 4) is 0 Å². The third-order valence-corrected chi connectivity index (χ3v) is 3.95. The molecule has 118 valence electrons. The van der Waals surface area contributed by atoms with Crippen LogP contribution in [-0.2, 0) is 19.0 Å². The number of ether oxygens (including phenoxy) is 3. The Morgan fingerprint density at radius 2 is 2.00 bits per heavy atom. The van der Waals surface area contributed by atoms with Gasteiger partial charge in [0.05, 0.1) is 12.7 Å². The fraction of sp³-hybridized carbons (Fsp3) is 0.692. The minimum atomic E-state index is -1.83. The second-order valence-electron chi connectivity index (χ2n) is 5.65. The Bertz CT molecular complexity index is 508. The largest absolute Gasteiger partial charge is 0.514 e. The van der Waals surface area contributed by atoms with Crippen LogP contribution in [0.15, 0.2) is 11.5 Å². The van der Waals surface area contributed by atoms with E-state index in [1.165, 1.54) is 0 Å². The summed E-state index contributed by atoms with van der Waals surface area (Å²) < 4.78 is 14.0. The van der Waals surface area contributed by atoms with Gasteiger partial charge in [-0.3, -0.25) is 0 Å². The molecule has 0 bridgehead atoms. The van der Waals surface area contributed by atoms with Gasteiger partial charge in [0.2, 0.25) is 0 Å². The van der Waals surface area contributed by atoms with Crippen LogP contribution in [0.5, 0.6) is 0 Å². The molecule has 3 atom stereocenters. The highest BCUT2D eigenvalue weighted by Crippen LogP contribution is 2.60. The van der Waals surface area contributed by atoms with Crippen LogP contribution in [0.1, 0.15) is 27.2 Å². The molecule has 0 amide bonds. The predicted octanol–water partition coefficient (Wildman–Crippen LogP) is 0.376. The topological polar surface area (TPSA) is 123 Å². The van der Waals surface area contributed by atoms with Gasteiger partial charge in [0.1, 0.15) is 5.60 Å². The van der Waals surface area contributed by atoms with Crippen molar-refractivity contribution in [2.45, 2.75) is 45.0 Å². The molecule has 0 aromatic rings. The monoisotopic (exact) mass is 302 g/mol. The second kappa shape index (κ2) is 4.88. The lowest BCUT2D eigenvalue weighted by atomic mass is 10.0. The minimum absolute atomic E-state index is 0.0982. The summed E-state index contributed by atoms with van der Waals surface area (Å²) in [5, 5.41) is 30.0. The van der Waals surface area contributed by atoms with Gasteiger partial charge in [0.15, 0.2) is 11.9 Å². The molecule has 8 nitrogen and oxygen atoms in total. The van der Waals surface area contributed by atoms with E-state index in [-0.39, 0.29) is 6.61 Å². The average Bonchev–Trinajstić information content (AvgIpc) is 2.68. The van der Waals surface area contributed by atoms with Crippen LogP contribution < -0.4 is 0 Å². The molecule has 1 aliphatic carbocycles. The first-order valence-electron chi connectivity index (χ1n) is 6.57. The van der Waals surface area contributed by atoms with Crippen LogP contribution in [0, 0.1) is 5.41 Å². The van der Waals surface area contributed by atoms with Gasteiger partial charge >= 0.3 is 12.1 Å². The van der Waals surface area contributed by atoms with Crippen LogP contribution in [0.3, 0.4) is 0 Å². The zero-order valence-electron chi connectivity index (χ0n) is 12.0. The Hall–Kier alpha value is -1.80. The molecule has 1 fully saturated rings. The fourth-order valence-electron chi connectivity index (χ4n) is 2.36. The van der Waals surface area contributed by atoms with Gasteiger partial charge in [-0.05, 0) is 6.42 Å². The smallest absolute Gasteiger partial charge is 0.505 e. The highest BCUT2D eigenvalue weighted by molar-refractivity contribution is 5.92. The fourth-order valence-corrected chi connectivity index (χ4v) is 2.36. The number of cyclic esters (lactones) is 1. The summed E-state index contributed by atoms with van der Waals surface area (Å²) in [7, 11) is 0. The molecule has 0 spiro atoms. The Morgan fingerprint density at radius 1 is 1.43 bits per heavy atom. The maximum Gasteiger partial charge on any atom is 0.514 e. The number of hydrogen-bond acceptors (Lipinski definition) is 8. The van der Waals surface area contributed by atoms with Crippen molar-refractivity contribution >= 4 is 12.1 Å². The highest BCUT2D eigenvalue weighted by atomic mass is 16.7. The molecule has 0 radical (unpaired) electrons. The van der Waals surface area contributed by atoms with E-state index in [1.807, 2.05) is 0 Å². The minimum Gasteiger partial charge on any atom is -0.505 e. The molecule has 2 rings (SSSR count). The third-order valence-electron chi connectivity index (χ3n) is 3.95. The Morgan fingerprint density at radius 3 is 2.48 bits per heavy atom. The van der Waals surface area contributed by atoms with E-state index in [4.69, 9.17) is 4.74 Å². The molecule has 8 heteroatoms. The molecule has 0 aromatic carbocycles. The summed E-state index contributed by atoms with van der Waals surface area (Å²) in [6.07, 6.45) is -3.26. The normalized spacial score (nSPS) is 33.7. The number of rotatable bonds is 4. The Balaban J connectivity index is 2.15. The standard InChI is InChI=1S/C13H18O8/c1-4-5-19-11(17)20-7-6(14)8(21-9(7)15)13(18)10(16)12(13,2)3/h8,10,14,16,18H,4-5H2,1-3H3/t8-,10?,13+/m0/s1. The Kier molecular flexibility index (Phi) is 3.63. The summed E-state index contributed by atoms with van der Waals surface area (Å²) in [4.78, 5) is 22.9. The number of aliphatic hydroxyl groups excluding tert-OH is 2. The van der Waals surface area contributed by atoms with E-state index < -0.39 is 46.9 Å². The van der Waals surface area contributed by atoms with Crippen LogP contribution in [-0.4, -0.2) is 51.9 Å². The summed E-state index contributed by atoms with van der Waals surface area (Å²) in [5.41, 5.74) is -2.80. The number of esters is 1. The lowest BCUT2D eigenvalue weighted by Gasteiger charge is -2.19. The Labute approximate surface area is 120 Å². The lowest BCUT2D eigenvalue weighted by Crippen LogP contribution is -2.36. The van der Waals surface area contributed by atoms with Gasteiger partial charge in [0, 0.05) is 5.41 Å². The van der Waals surface area contributed by atoms with Crippen LogP contribution in [0.4, 0.5) is 4.79 Å². The van der Waals surface area contributed by atoms with Gasteiger partial charge < -0.3 is 29.5 Å². The van der Waals surface area contributed by atoms with Crippen molar-refractivity contribution in [3.05, 3.63) is 11.5 Å². The first-order chi connectivity index (χ1) is 9.67. The molecule has 0 aromatic heterocycles. The maximum atomic E-state index is 11.6. The number of carbonyl (C=O) groups is 2. The quantitative estimate of drug-likeness (QED) is 0.637. The van der Waals surface area contributed by atoms with E-state index in [0.717, 1.165) is 0 Å². The molecule has 3 N–H and O–H groups in total. The van der Waals surface area contributed by atoms with Crippen molar-refractivity contribution in [1.29, 1.82) is 0 Å². The van der Waals surface area contributed by atoms with Gasteiger partial charge in [-0.15, -0.1) is 0 Å². The summed E-state index contributed by atoms with van der Waals surface area (Å²) in [6.45, 7) is 4.97. The van der Waals surface area contributed by atoms with Crippen molar-refractivity contribution in [3.63, 3.8) is 0 Å². The molecule has 2 aliphatic rings. The first-order valence-corrected chi connectivity index (χ1v) is 6.57. The molecule has 21 heavy (non-hydrogen) atoms. The van der Waals surface area contributed by atoms with Crippen molar-refractivity contribution in [1.82, 2.24) is 0 Å². The first kappa shape index (κ1) is 15.6. The molecular weight excluding hydrogens is 284 g/mol. The number of aliphatic hydroxyl groups is 3. The second-order valence-corrected chi connectivity index (χ2v) is 5.65. The molecule has 1 heterocycles. The summed E-state index contributed by atoms with van der Waals surface area (Å²) >= 11 is 0. The van der Waals surface area contributed by atoms with Gasteiger partial charge in [-0.2, -0.15) is 0 Å². The average molecular weight is 302 g/mol.